The summed E-state index contributed by atoms with van der Waals surface area (Å²) in [5.41, 5.74) is 2.44. The number of ether oxygens (including phenoxy) is 1. The second-order valence-corrected chi connectivity index (χ2v) is 10.6. The average Bonchev–Trinajstić information content (AvgIpc) is 2.89. The van der Waals surface area contributed by atoms with E-state index in [9.17, 15) is 4.21 Å². The van der Waals surface area contributed by atoms with Crippen molar-refractivity contribution < 1.29 is 8.95 Å². The minimum Gasteiger partial charge on any atom is -0.494 e. The lowest BCUT2D eigenvalue weighted by molar-refractivity contribution is 0.247. The van der Waals surface area contributed by atoms with Crippen molar-refractivity contribution in [3.8, 4) is 5.75 Å². The summed E-state index contributed by atoms with van der Waals surface area (Å²) >= 11 is 6.21. The molecule has 186 valence electrons. The van der Waals surface area contributed by atoms with Gasteiger partial charge in [-0.2, -0.15) is 4.98 Å². The molecule has 0 unspecified atom stereocenters. The Morgan fingerprint density at radius 1 is 1.00 bits per heavy atom. The molecule has 2 aromatic heterocycles. The quantitative estimate of drug-likeness (QED) is 0.297. The first-order chi connectivity index (χ1) is 17.6. The monoisotopic (exact) mass is 522 g/mol. The highest BCUT2D eigenvalue weighted by molar-refractivity contribution is 7.85. The van der Waals surface area contributed by atoms with Crippen molar-refractivity contribution in [2.45, 2.75) is 6.42 Å². The van der Waals surface area contributed by atoms with Gasteiger partial charge in [0.1, 0.15) is 11.6 Å². The van der Waals surface area contributed by atoms with Gasteiger partial charge in [0.05, 0.1) is 29.0 Å². The van der Waals surface area contributed by atoms with E-state index in [1.54, 1.807) is 18.5 Å². The maximum absolute atomic E-state index is 11.4. The molecule has 36 heavy (non-hydrogen) atoms. The van der Waals surface area contributed by atoms with Gasteiger partial charge >= 0.3 is 0 Å². The molecule has 0 spiro atoms. The Hall–Kier alpha value is -3.27. The van der Waals surface area contributed by atoms with E-state index in [0.717, 1.165) is 65.6 Å². The Balaban J connectivity index is 1.13. The molecule has 0 aliphatic carbocycles. The number of halogens is 1. The molecule has 4 aromatic rings. The Morgan fingerprint density at radius 2 is 1.83 bits per heavy atom. The van der Waals surface area contributed by atoms with Crippen LogP contribution in [0.3, 0.4) is 0 Å². The normalized spacial score (nSPS) is 14.6. The molecule has 0 radical (unpaired) electrons. The van der Waals surface area contributed by atoms with Gasteiger partial charge in [0.25, 0.3) is 0 Å². The first kappa shape index (κ1) is 24.4. The summed E-state index contributed by atoms with van der Waals surface area (Å²) in [5.74, 6) is 3.52. The van der Waals surface area contributed by atoms with E-state index >= 15 is 0 Å². The molecule has 1 aliphatic heterocycles. The van der Waals surface area contributed by atoms with Crippen LogP contribution in [0.25, 0.3) is 10.9 Å². The first-order valence-corrected chi connectivity index (χ1v) is 13.7. The lowest BCUT2D eigenvalue weighted by Gasteiger charge is -2.25. The zero-order chi connectivity index (χ0) is 24.7. The van der Waals surface area contributed by atoms with Crippen molar-refractivity contribution in [2.24, 2.45) is 0 Å². The molecule has 10 heteroatoms. The van der Waals surface area contributed by atoms with Gasteiger partial charge in [0.2, 0.25) is 5.95 Å². The molecule has 1 saturated heterocycles. The molecule has 1 fully saturated rings. The molecular formula is C26H27ClN6O2S. The van der Waals surface area contributed by atoms with Crippen molar-refractivity contribution in [1.82, 2.24) is 19.9 Å². The summed E-state index contributed by atoms with van der Waals surface area (Å²) in [6, 6.07) is 17.2. The number of benzene rings is 2. The van der Waals surface area contributed by atoms with Crippen molar-refractivity contribution >= 4 is 56.4 Å². The summed E-state index contributed by atoms with van der Waals surface area (Å²) in [6.07, 6.45) is 4.37. The molecule has 2 aromatic carbocycles. The van der Waals surface area contributed by atoms with E-state index < -0.39 is 10.8 Å². The van der Waals surface area contributed by atoms with Gasteiger partial charge in [-0.15, -0.1) is 0 Å². The van der Waals surface area contributed by atoms with Gasteiger partial charge in [0.15, 0.2) is 0 Å². The Labute approximate surface area is 217 Å². The number of rotatable bonds is 9. The maximum atomic E-state index is 11.4. The number of fused-ring (bicyclic) bond motifs is 1. The molecular weight excluding hydrogens is 496 g/mol. The number of pyridine rings is 1. The average molecular weight is 523 g/mol. The van der Waals surface area contributed by atoms with E-state index in [0.29, 0.717) is 23.4 Å². The van der Waals surface area contributed by atoms with Crippen LogP contribution in [0.4, 0.5) is 23.1 Å². The standard InChI is InChI=1S/C26H27ClN6O2S/c27-23-4-1-3-19-17-21(18-29-25(19)23)30-24-9-10-28-26(32-24)31-20-5-7-22(8-6-20)35-14-2-11-33-12-15-36(34)16-13-33/h1,3-10,17-18H,2,11-16H2,(H2,28,30,31,32). The van der Waals surface area contributed by atoms with Crippen LogP contribution in [0, 0.1) is 0 Å². The molecule has 8 nitrogen and oxygen atoms in total. The Bertz CT molecular complexity index is 1340. The third-order valence-electron chi connectivity index (χ3n) is 5.86. The summed E-state index contributed by atoms with van der Waals surface area (Å²) in [6.45, 7) is 3.46. The highest BCUT2D eigenvalue weighted by atomic mass is 35.5. The topological polar surface area (TPSA) is 92.3 Å². The van der Waals surface area contributed by atoms with Crippen LogP contribution in [0.1, 0.15) is 6.42 Å². The zero-order valence-electron chi connectivity index (χ0n) is 19.7. The van der Waals surface area contributed by atoms with Gasteiger partial charge in [-0.3, -0.25) is 9.19 Å². The third-order valence-corrected chi connectivity index (χ3v) is 7.44. The lowest BCUT2D eigenvalue weighted by Crippen LogP contribution is -2.38. The minimum atomic E-state index is -0.630. The third kappa shape index (κ3) is 6.48. The molecule has 0 atom stereocenters. The molecule has 5 rings (SSSR count). The molecule has 0 saturated carbocycles. The number of anilines is 4. The van der Waals surface area contributed by atoms with Crippen molar-refractivity contribution in [3.05, 3.63) is 72.0 Å². The van der Waals surface area contributed by atoms with E-state index in [4.69, 9.17) is 16.3 Å². The molecule has 2 N–H and O–H groups in total. The van der Waals surface area contributed by atoms with E-state index in [1.807, 2.05) is 48.5 Å². The summed E-state index contributed by atoms with van der Waals surface area (Å²) in [7, 11) is -0.630. The number of hydrogen-bond acceptors (Lipinski definition) is 8. The number of nitrogens with zero attached hydrogens (tertiary/aromatic N) is 4. The van der Waals surface area contributed by atoms with Crippen LogP contribution < -0.4 is 15.4 Å². The highest BCUT2D eigenvalue weighted by Crippen LogP contribution is 2.25. The van der Waals surface area contributed by atoms with Crippen LogP contribution in [0.15, 0.2) is 67.0 Å². The largest absolute Gasteiger partial charge is 0.494 e. The summed E-state index contributed by atoms with van der Waals surface area (Å²) in [4.78, 5) is 15.7. The smallest absolute Gasteiger partial charge is 0.229 e. The van der Waals surface area contributed by atoms with Crippen LogP contribution in [-0.4, -0.2) is 61.8 Å². The Kier molecular flexibility index (Phi) is 7.90. The van der Waals surface area contributed by atoms with Crippen molar-refractivity contribution in [1.29, 1.82) is 0 Å². The predicted molar refractivity (Wildman–Crippen MR) is 146 cm³/mol. The molecule has 0 amide bonds. The number of aromatic nitrogens is 3. The van der Waals surface area contributed by atoms with Crippen LogP contribution in [0.5, 0.6) is 5.75 Å². The van der Waals surface area contributed by atoms with Gasteiger partial charge < -0.3 is 20.3 Å². The SMILES string of the molecule is O=S1CCN(CCCOc2ccc(Nc3nccc(Nc4cnc5c(Cl)cccc5c4)n3)cc2)CC1. The van der Waals surface area contributed by atoms with Gasteiger partial charge in [-0.1, -0.05) is 23.7 Å². The summed E-state index contributed by atoms with van der Waals surface area (Å²) < 4.78 is 17.3. The second-order valence-electron chi connectivity index (χ2n) is 8.47. The predicted octanol–water partition coefficient (Wildman–Crippen LogP) is 5.00. The fraction of sp³-hybridized carbons (Fsp3) is 0.269. The number of para-hydroxylation sites is 1. The van der Waals surface area contributed by atoms with Gasteiger partial charge in [0, 0.05) is 59.2 Å². The van der Waals surface area contributed by atoms with E-state index in [2.05, 4.69) is 30.5 Å². The van der Waals surface area contributed by atoms with Crippen molar-refractivity contribution in [3.63, 3.8) is 0 Å². The van der Waals surface area contributed by atoms with E-state index in [1.165, 1.54) is 0 Å². The van der Waals surface area contributed by atoms with E-state index in [-0.39, 0.29) is 0 Å². The second kappa shape index (κ2) is 11.6. The fourth-order valence-corrected chi connectivity index (χ4v) is 5.33. The first-order valence-electron chi connectivity index (χ1n) is 11.8. The Morgan fingerprint density at radius 3 is 2.67 bits per heavy atom. The fourth-order valence-electron chi connectivity index (χ4n) is 3.97. The van der Waals surface area contributed by atoms with Gasteiger partial charge in [-0.05, 0) is 48.9 Å². The zero-order valence-corrected chi connectivity index (χ0v) is 21.3. The summed E-state index contributed by atoms with van der Waals surface area (Å²) in [5, 5.41) is 8.07. The van der Waals surface area contributed by atoms with Gasteiger partial charge in [-0.25, -0.2) is 4.98 Å². The highest BCUT2D eigenvalue weighted by Gasteiger charge is 2.14. The van der Waals surface area contributed by atoms with Crippen molar-refractivity contribution in [2.75, 3.05) is 48.4 Å². The minimum absolute atomic E-state index is 0.480. The molecule has 1 aliphatic rings. The maximum Gasteiger partial charge on any atom is 0.229 e. The van der Waals surface area contributed by atoms with Crippen LogP contribution >= 0.6 is 11.6 Å². The lowest BCUT2D eigenvalue weighted by atomic mass is 10.2. The number of hydrogen-bond donors (Lipinski definition) is 2. The van der Waals surface area contributed by atoms with Crippen LogP contribution in [0.2, 0.25) is 5.02 Å². The van der Waals surface area contributed by atoms with Crippen LogP contribution in [-0.2, 0) is 10.8 Å². The number of nitrogens with one attached hydrogen (secondary N) is 2. The molecule has 0 bridgehead atoms. The molecule has 3 heterocycles.